The lowest BCUT2D eigenvalue weighted by atomic mass is 10.2. The molecule has 18 heavy (non-hydrogen) atoms. The van der Waals surface area contributed by atoms with Gasteiger partial charge in [0.15, 0.2) is 0 Å². The lowest BCUT2D eigenvalue weighted by Gasteiger charge is -2.14. The number of carbonyl (C=O) groups is 2. The zero-order chi connectivity index (χ0) is 13.0. The number of amides is 2. The van der Waals surface area contributed by atoms with Gasteiger partial charge in [0.05, 0.1) is 19.7 Å². The van der Waals surface area contributed by atoms with Gasteiger partial charge in [0.25, 0.3) is 11.8 Å². The Morgan fingerprint density at radius 3 is 2.67 bits per heavy atom. The van der Waals surface area contributed by atoms with Crippen LogP contribution in [0.15, 0.2) is 24.3 Å². The SMILES string of the molecule is O=C(NCC(=O)N1CCCO1)c1ccc(Cl)cc1. The summed E-state index contributed by atoms with van der Waals surface area (Å²) in [6, 6.07) is 6.47. The zero-order valence-electron chi connectivity index (χ0n) is 9.69. The Hall–Kier alpha value is -1.59. The number of nitrogens with one attached hydrogen (secondary N) is 1. The van der Waals surface area contributed by atoms with Crippen molar-refractivity contribution in [3.05, 3.63) is 34.9 Å². The van der Waals surface area contributed by atoms with Crippen molar-refractivity contribution in [2.45, 2.75) is 6.42 Å². The summed E-state index contributed by atoms with van der Waals surface area (Å²) in [5.41, 5.74) is 0.467. The van der Waals surface area contributed by atoms with Gasteiger partial charge >= 0.3 is 0 Å². The molecule has 96 valence electrons. The van der Waals surface area contributed by atoms with E-state index < -0.39 is 0 Å². The highest BCUT2D eigenvalue weighted by Crippen LogP contribution is 2.09. The highest BCUT2D eigenvalue weighted by molar-refractivity contribution is 6.30. The third-order valence-corrected chi connectivity index (χ3v) is 2.79. The Morgan fingerprint density at radius 1 is 1.33 bits per heavy atom. The third kappa shape index (κ3) is 3.21. The van der Waals surface area contributed by atoms with E-state index in [4.69, 9.17) is 16.4 Å². The second-order valence-electron chi connectivity index (χ2n) is 3.87. The summed E-state index contributed by atoms with van der Waals surface area (Å²) in [6.45, 7) is 1.06. The summed E-state index contributed by atoms with van der Waals surface area (Å²) >= 11 is 5.72. The Balaban J connectivity index is 1.84. The first-order valence-electron chi connectivity index (χ1n) is 5.64. The highest BCUT2D eigenvalue weighted by atomic mass is 35.5. The van der Waals surface area contributed by atoms with Crippen LogP contribution in [0.1, 0.15) is 16.8 Å². The Bertz CT molecular complexity index is 441. The summed E-state index contributed by atoms with van der Waals surface area (Å²) < 4.78 is 0. The van der Waals surface area contributed by atoms with Crippen LogP contribution >= 0.6 is 11.6 Å². The molecule has 6 heteroatoms. The van der Waals surface area contributed by atoms with E-state index in [1.54, 1.807) is 24.3 Å². The van der Waals surface area contributed by atoms with Gasteiger partial charge in [-0.3, -0.25) is 14.4 Å². The highest BCUT2D eigenvalue weighted by Gasteiger charge is 2.19. The maximum atomic E-state index is 11.7. The number of hydrogen-bond donors (Lipinski definition) is 1. The van der Waals surface area contributed by atoms with Gasteiger partial charge in [-0.2, -0.15) is 0 Å². The molecule has 0 spiro atoms. The lowest BCUT2D eigenvalue weighted by molar-refractivity contribution is -0.167. The summed E-state index contributed by atoms with van der Waals surface area (Å²) in [5, 5.41) is 4.38. The Labute approximate surface area is 110 Å². The van der Waals surface area contributed by atoms with Crippen LogP contribution in [-0.2, 0) is 9.63 Å². The molecule has 1 aliphatic heterocycles. The molecule has 0 atom stereocenters. The fourth-order valence-corrected chi connectivity index (χ4v) is 1.72. The summed E-state index contributed by atoms with van der Waals surface area (Å²) in [6.07, 6.45) is 0.830. The summed E-state index contributed by atoms with van der Waals surface area (Å²) in [4.78, 5) is 28.4. The molecule has 0 bridgehead atoms. The molecule has 0 radical (unpaired) electrons. The molecule has 2 rings (SSSR count). The van der Waals surface area contributed by atoms with Crippen molar-refractivity contribution >= 4 is 23.4 Å². The maximum absolute atomic E-state index is 11.7. The number of hydroxylamine groups is 2. The van der Waals surface area contributed by atoms with Crippen LogP contribution in [0.5, 0.6) is 0 Å². The minimum atomic E-state index is -0.306. The van der Waals surface area contributed by atoms with Crippen LogP contribution in [0.25, 0.3) is 0 Å². The topological polar surface area (TPSA) is 58.6 Å². The quantitative estimate of drug-likeness (QED) is 0.897. The Morgan fingerprint density at radius 2 is 2.06 bits per heavy atom. The van der Waals surface area contributed by atoms with Crippen molar-refractivity contribution in [2.24, 2.45) is 0 Å². The summed E-state index contributed by atoms with van der Waals surface area (Å²) in [5.74, 6) is -0.547. The lowest BCUT2D eigenvalue weighted by Crippen LogP contribution is -2.38. The first kappa shape index (κ1) is 12.9. The number of nitrogens with zero attached hydrogens (tertiary/aromatic N) is 1. The molecule has 1 aromatic carbocycles. The van der Waals surface area contributed by atoms with Crippen molar-refractivity contribution in [1.29, 1.82) is 0 Å². The largest absolute Gasteiger partial charge is 0.343 e. The molecule has 0 aliphatic carbocycles. The van der Waals surface area contributed by atoms with Gasteiger partial charge in [-0.15, -0.1) is 0 Å². The molecule has 5 nitrogen and oxygen atoms in total. The van der Waals surface area contributed by atoms with Crippen molar-refractivity contribution in [3.63, 3.8) is 0 Å². The van der Waals surface area contributed by atoms with Crippen LogP contribution in [0.4, 0.5) is 0 Å². The van der Waals surface area contributed by atoms with Gasteiger partial charge < -0.3 is 5.32 Å². The van der Waals surface area contributed by atoms with Crippen LogP contribution < -0.4 is 5.32 Å². The normalized spacial score (nSPS) is 14.6. The minimum absolute atomic E-state index is 0.0680. The third-order valence-electron chi connectivity index (χ3n) is 2.54. The zero-order valence-corrected chi connectivity index (χ0v) is 10.4. The van der Waals surface area contributed by atoms with E-state index in [2.05, 4.69) is 5.32 Å². The number of rotatable bonds is 3. The van der Waals surface area contributed by atoms with Gasteiger partial charge in [-0.1, -0.05) is 11.6 Å². The monoisotopic (exact) mass is 268 g/mol. The number of benzene rings is 1. The van der Waals surface area contributed by atoms with E-state index in [9.17, 15) is 9.59 Å². The van der Waals surface area contributed by atoms with Crippen molar-refractivity contribution < 1.29 is 14.4 Å². The van der Waals surface area contributed by atoms with Crippen molar-refractivity contribution in [1.82, 2.24) is 10.4 Å². The fraction of sp³-hybridized carbons (Fsp3) is 0.333. The first-order chi connectivity index (χ1) is 8.66. The van der Waals surface area contributed by atoms with E-state index in [1.807, 2.05) is 0 Å². The number of halogens is 1. The molecule has 1 aliphatic rings. The molecule has 1 saturated heterocycles. The molecular formula is C12H13ClN2O3. The van der Waals surface area contributed by atoms with Gasteiger partial charge in [-0.05, 0) is 30.7 Å². The number of hydrogen-bond acceptors (Lipinski definition) is 3. The molecule has 0 saturated carbocycles. The Kier molecular flexibility index (Phi) is 4.17. The van der Waals surface area contributed by atoms with Crippen molar-refractivity contribution in [3.8, 4) is 0 Å². The molecule has 1 N–H and O–H groups in total. The van der Waals surface area contributed by atoms with Crippen LogP contribution in [0.3, 0.4) is 0 Å². The van der Waals surface area contributed by atoms with E-state index in [0.717, 1.165) is 6.42 Å². The molecule has 1 fully saturated rings. The van der Waals surface area contributed by atoms with E-state index in [0.29, 0.717) is 23.7 Å². The van der Waals surface area contributed by atoms with Gasteiger partial charge in [0, 0.05) is 10.6 Å². The molecule has 1 aromatic rings. The molecule has 1 heterocycles. The van der Waals surface area contributed by atoms with Gasteiger partial charge in [-0.25, -0.2) is 5.06 Å². The van der Waals surface area contributed by atoms with E-state index >= 15 is 0 Å². The van der Waals surface area contributed by atoms with E-state index in [-0.39, 0.29) is 18.4 Å². The number of carbonyl (C=O) groups excluding carboxylic acids is 2. The fourth-order valence-electron chi connectivity index (χ4n) is 1.59. The van der Waals surface area contributed by atoms with E-state index in [1.165, 1.54) is 5.06 Å². The predicted octanol–water partition coefficient (Wildman–Crippen LogP) is 1.23. The maximum Gasteiger partial charge on any atom is 0.265 e. The molecule has 0 unspecified atom stereocenters. The first-order valence-corrected chi connectivity index (χ1v) is 6.01. The average Bonchev–Trinajstić information content (AvgIpc) is 2.90. The van der Waals surface area contributed by atoms with Crippen molar-refractivity contribution in [2.75, 3.05) is 19.7 Å². The average molecular weight is 269 g/mol. The smallest absolute Gasteiger partial charge is 0.265 e. The summed E-state index contributed by atoms with van der Waals surface area (Å²) in [7, 11) is 0. The van der Waals surface area contributed by atoms with Crippen LogP contribution in [0, 0.1) is 0 Å². The molecular weight excluding hydrogens is 256 g/mol. The second-order valence-corrected chi connectivity index (χ2v) is 4.31. The standard InChI is InChI=1S/C12H13ClN2O3/c13-10-4-2-9(3-5-10)12(17)14-8-11(16)15-6-1-7-18-15/h2-5H,1,6-8H2,(H,14,17). The van der Waals surface area contributed by atoms with Gasteiger partial charge in [0.2, 0.25) is 0 Å². The van der Waals surface area contributed by atoms with Crippen LogP contribution in [-0.4, -0.2) is 36.6 Å². The predicted molar refractivity (Wildman–Crippen MR) is 66.1 cm³/mol. The molecule has 0 aromatic heterocycles. The van der Waals surface area contributed by atoms with Crippen LogP contribution in [0.2, 0.25) is 5.02 Å². The minimum Gasteiger partial charge on any atom is -0.343 e. The molecule has 2 amide bonds. The second kappa shape index (κ2) is 5.84. The van der Waals surface area contributed by atoms with Gasteiger partial charge in [0.1, 0.15) is 0 Å².